The molecular weight excluding hydrogens is 493 g/mol. The number of nitrogens with one attached hydrogen (secondary N) is 1. The second-order valence-corrected chi connectivity index (χ2v) is 8.75. The molecule has 0 fully saturated rings. The maximum Gasteiger partial charge on any atom is 0.433 e. The van der Waals surface area contributed by atoms with Crippen LogP contribution in [0.1, 0.15) is 27.5 Å². The lowest BCUT2D eigenvalue weighted by atomic mass is 10.1. The van der Waals surface area contributed by atoms with Crippen molar-refractivity contribution in [3.05, 3.63) is 76.6 Å². The van der Waals surface area contributed by atoms with E-state index in [4.69, 9.17) is 14.9 Å². The molecule has 0 aliphatic heterocycles. The van der Waals surface area contributed by atoms with Crippen molar-refractivity contribution < 1.29 is 27.1 Å². The van der Waals surface area contributed by atoms with E-state index in [1.54, 1.807) is 17.4 Å². The molecule has 5 aromatic rings. The van der Waals surface area contributed by atoms with Crippen LogP contribution in [0, 0.1) is 0 Å². The number of hydrogen-bond donors (Lipinski definition) is 2. The molecule has 0 saturated carbocycles. The van der Waals surface area contributed by atoms with Gasteiger partial charge >= 0.3 is 6.18 Å². The molecule has 1 amide bonds. The van der Waals surface area contributed by atoms with Gasteiger partial charge in [0, 0.05) is 22.2 Å². The lowest BCUT2D eigenvalue weighted by Crippen LogP contribution is -2.24. The van der Waals surface area contributed by atoms with Gasteiger partial charge in [-0.25, -0.2) is 9.97 Å². The zero-order valence-electron chi connectivity index (χ0n) is 18.8. The molecule has 2 aromatic carbocycles. The Kier molecular flexibility index (Phi) is 6.10. The average molecular weight is 513 g/mol. The smallest absolute Gasteiger partial charge is 0.433 e. The van der Waals surface area contributed by atoms with Crippen LogP contribution in [0.2, 0.25) is 0 Å². The molecule has 7 nitrogen and oxygen atoms in total. The first-order valence-electron chi connectivity index (χ1n) is 10.8. The summed E-state index contributed by atoms with van der Waals surface area (Å²) >= 11 is 1.58. The third kappa shape index (κ3) is 4.27. The summed E-state index contributed by atoms with van der Waals surface area (Å²) in [6, 6.07) is 13.1. The van der Waals surface area contributed by atoms with Crippen LogP contribution in [0.15, 0.2) is 58.3 Å². The Morgan fingerprint density at radius 2 is 1.92 bits per heavy atom. The van der Waals surface area contributed by atoms with E-state index < -0.39 is 17.8 Å². The van der Waals surface area contributed by atoms with E-state index >= 15 is 0 Å². The number of aromatic nitrogens is 2. The molecule has 0 atom stereocenters. The molecule has 0 spiro atoms. The molecular formula is C25H19F3N4O3S. The van der Waals surface area contributed by atoms with Gasteiger partial charge in [0.1, 0.15) is 17.0 Å². The zero-order chi connectivity index (χ0) is 25.4. The fraction of sp³-hybridized carbons (Fsp3) is 0.160. The predicted molar refractivity (Wildman–Crippen MR) is 130 cm³/mol. The molecule has 184 valence electrons. The van der Waals surface area contributed by atoms with Crippen molar-refractivity contribution in [1.82, 2.24) is 15.3 Å². The molecule has 3 aromatic heterocycles. The predicted octanol–water partition coefficient (Wildman–Crippen LogP) is 5.52. The van der Waals surface area contributed by atoms with Crippen molar-refractivity contribution in [1.29, 1.82) is 0 Å². The van der Waals surface area contributed by atoms with Crippen LogP contribution in [-0.4, -0.2) is 23.0 Å². The molecule has 11 heteroatoms. The molecule has 0 radical (unpaired) electrons. The highest BCUT2D eigenvalue weighted by atomic mass is 32.1. The minimum absolute atomic E-state index is 0.00680. The van der Waals surface area contributed by atoms with Gasteiger partial charge in [-0.2, -0.15) is 13.2 Å². The topological polar surface area (TPSA) is 103 Å². The number of nitrogens with two attached hydrogens (primary N) is 1. The zero-order valence-corrected chi connectivity index (χ0v) is 19.7. The highest BCUT2D eigenvalue weighted by molar-refractivity contribution is 7.17. The SMILES string of the molecule is COc1ccc(-c2nc(C(=O)NCc3csc4ccccc34)c(CN)o2)c2ccc(C(F)(F)F)nc12. The number of fused-ring (bicyclic) bond motifs is 2. The number of oxazole rings is 1. The molecule has 0 aliphatic rings. The fourth-order valence-electron chi connectivity index (χ4n) is 3.91. The van der Waals surface area contributed by atoms with E-state index in [0.717, 1.165) is 21.7 Å². The Labute approximate surface area is 206 Å². The number of ether oxygens (including phenoxy) is 1. The summed E-state index contributed by atoms with van der Waals surface area (Å²) in [6.07, 6.45) is -4.62. The second-order valence-electron chi connectivity index (χ2n) is 7.84. The number of methoxy groups -OCH3 is 1. The number of halogens is 3. The van der Waals surface area contributed by atoms with Gasteiger partial charge in [0.2, 0.25) is 5.89 Å². The third-order valence-electron chi connectivity index (χ3n) is 5.66. The summed E-state index contributed by atoms with van der Waals surface area (Å²) < 4.78 is 51.8. The van der Waals surface area contributed by atoms with E-state index in [1.807, 2.05) is 29.6 Å². The molecule has 0 aliphatic carbocycles. The van der Waals surface area contributed by atoms with Crippen LogP contribution in [0.25, 0.3) is 32.4 Å². The fourth-order valence-corrected chi connectivity index (χ4v) is 4.88. The molecule has 5 rings (SSSR count). The monoisotopic (exact) mass is 512 g/mol. The van der Waals surface area contributed by atoms with Crippen molar-refractivity contribution in [3.63, 3.8) is 0 Å². The van der Waals surface area contributed by atoms with Gasteiger partial charge in [-0.15, -0.1) is 11.3 Å². The quantitative estimate of drug-likeness (QED) is 0.311. The molecule has 3 heterocycles. The number of amides is 1. The number of rotatable bonds is 6. The molecule has 36 heavy (non-hydrogen) atoms. The summed E-state index contributed by atoms with van der Waals surface area (Å²) in [6.45, 7) is 0.187. The number of hydrogen-bond acceptors (Lipinski definition) is 7. The summed E-state index contributed by atoms with van der Waals surface area (Å²) in [5.74, 6) is -0.125. The van der Waals surface area contributed by atoms with E-state index in [0.29, 0.717) is 10.9 Å². The number of alkyl halides is 3. The van der Waals surface area contributed by atoms with Crippen LogP contribution < -0.4 is 15.8 Å². The number of thiophene rings is 1. The molecule has 0 bridgehead atoms. The molecule has 0 unspecified atom stereocenters. The second kappa shape index (κ2) is 9.25. The van der Waals surface area contributed by atoms with Gasteiger partial charge in [0.25, 0.3) is 5.91 Å². The molecule has 0 saturated heterocycles. The number of nitrogens with zero attached hydrogens (tertiary/aromatic N) is 2. The van der Waals surface area contributed by atoms with Crippen molar-refractivity contribution in [3.8, 4) is 17.2 Å². The van der Waals surface area contributed by atoms with E-state index in [-0.39, 0.29) is 41.7 Å². The first-order valence-corrected chi connectivity index (χ1v) is 11.7. The summed E-state index contributed by atoms with van der Waals surface area (Å²) in [5.41, 5.74) is 6.07. The largest absolute Gasteiger partial charge is 0.494 e. The highest BCUT2D eigenvalue weighted by Gasteiger charge is 2.33. The normalized spacial score (nSPS) is 11.8. The van der Waals surface area contributed by atoms with E-state index in [9.17, 15) is 18.0 Å². The van der Waals surface area contributed by atoms with Crippen LogP contribution in [0.3, 0.4) is 0 Å². The first kappa shape index (κ1) is 23.8. The first-order chi connectivity index (χ1) is 17.3. The van der Waals surface area contributed by atoms with Gasteiger partial charge in [-0.05, 0) is 46.7 Å². The summed E-state index contributed by atoms with van der Waals surface area (Å²) in [7, 11) is 1.34. The highest BCUT2D eigenvalue weighted by Crippen LogP contribution is 2.37. The average Bonchev–Trinajstić information content (AvgIpc) is 3.50. The van der Waals surface area contributed by atoms with E-state index in [2.05, 4.69) is 15.3 Å². The summed E-state index contributed by atoms with van der Waals surface area (Å²) in [4.78, 5) is 21.1. The Hall–Kier alpha value is -3.96. The third-order valence-corrected chi connectivity index (χ3v) is 6.67. The van der Waals surface area contributed by atoms with Gasteiger partial charge in [-0.1, -0.05) is 18.2 Å². The Morgan fingerprint density at radius 3 is 2.67 bits per heavy atom. The number of benzene rings is 2. The van der Waals surface area contributed by atoms with Crippen LogP contribution in [-0.2, 0) is 19.3 Å². The lowest BCUT2D eigenvalue weighted by molar-refractivity contribution is -0.140. The minimum Gasteiger partial charge on any atom is -0.494 e. The van der Waals surface area contributed by atoms with Crippen LogP contribution in [0.5, 0.6) is 5.75 Å². The van der Waals surface area contributed by atoms with Crippen molar-refractivity contribution in [2.45, 2.75) is 19.3 Å². The van der Waals surface area contributed by atoms with Gasteiger partial charge in [-0.3, -0.25) is 4.79 Å². The number of carbonyl (C=O) groups is 1. The number of pyridine rings is 1. The van der Waals surface area contributed by atoms with Crippen LogP contribution >= 0.6 is 11.3 Å². The van der Waals surface area contributed by atoms with Crippen LogP contribution in [0.4, 0.5) is 13.2 Å². The van der Waals surface area contributed by atoms with Gasteiger partial charge < -0.3 is 20.2 Å². The van der Waals surface area contributed by atoms with Crippen molar-refractivity contribution in [2.75, 3.05) is 7.11 Å². The Bertz CT molecular complexity index is 1590. The number of carbonyl (C=O) groups excluding carboxylic acids is 1. The van der Waals surface area contributed by atoms with Crippen molar-refractivity contribution in [2.24, 2.45) is 5.73 Å². The van der Waals surface area contributed by atoms with Gasteiger partial charge in [0.05, 0.1) is 13.7 Å². The Balaban J connectivity index is 1.49. The van der Waals surface area contributed by atoms with E-state index in [1.165, 1.54) is 19.2 Å². The Morgan fingerprint density at radius 1 is 1.11 bits per heavy atom. The standard InChI is InChI=1S/C25H19F3N4O3S/c1-34-17-8-6-16(15-7-9-20(25(26,27)28)31-21(15)17)24-32-22(18(10-29)35-24)23(33)30-11-13-12-36-19-5-3-2-4-14(13)19/h2-9,12H,10-11,29H2,1H3,(H,30,33). The molecule has 3 N–H and O–H groups in total. The van der Waals surface area contributed by atoms with Gasteiger partial charge in [0.15, 0.2) is 11.5 Å². The maximum atomic E-state index is 13.2. The lowest BCUT2D eigenvalue weighted by Gasteiger charge is -2.11. The minimum atomic E-state index is -4.62. The maximum absolute atomic E-state index is 13.2. The van der Waals surface area contributed by atoms with Crippen molar-refractivity contribution >= 4 is 38.2 Å². The summed E-state index contributed by atoms with van der Waals surface area (Å²) in [5, 5.41) is 6.20.